The molecule has 0 bridgehead atoms. The molecule has 2 rings (SSSR count). The third-order valence-corrected chi connectivity index (χ3v) is 3.66. The lowest BCUT2D eigenvalue weighted by Gasteiger charge is -2.19. The predicted molar refractivity (Wildman–Crippen MR) is 71.7 cm³/mol. The molecule has 0 radical (unpaired) electrons. The molecule has 1 atom stereocenters. The van der Waals surface area contributed by atoms with Crippen molar-refractivity contribution in [2.75, 3.05) is 13.2 Å². The lowest BCUT2D eigenvalue weighted by molar-refractivity contribution is -0.0172. The Morgan fingerprint density at radius 3 is 2.26 bits per heavy atom. The summed E-state index contributed by atoms with van der Waals surface area (Å²) in [6.45, 7) is 2.87. The monoisotopic (exact) mass is 288 g/mol. The van der Waals surface area contributed by atoms with E-state index in [0.717, 1.165) is 25.0 Å². The molecule has 1 aliphatic heterocycles. The Bertz CT molecular complexity index is 460. The molecule has 1 heterocycles. The number of benzene rings is 1. The van der Waals surface area contributed by atoms with Gasteiger partial charge < -0.3 is 9.84 Å². The van der Waals surface area contributed by atoms with E-state index in [1.807, 2.05) is 6.92 Å². The van der Waals surface area contributed by atoms with Crippen LogP contribution in [0.1, 0.15) is 24.8 Å². The maximum absolute atomic E-state index is 10.5. The molecule has 19 heavy (non-hydrogen) atoms. The number of hydrogen-bond donors (Lipinski definition) is 2. The minimum atomic E-state index is -4.02. The molecule has 1 aromatic carbocycles. The van der Waals surface area contributed by atoms with Gasteiger partial charge in [-0.25, -0.2) is 0 Å². The van der Waals surface area contributed by atoms with Crippen molar-refractivity contribution in [1.29, 1.82) is 0 Å². The SMILES string of the molecule is Cc1ccc(S(=O)(=O)O)cc1.OCC1CCCCO1. The van der Waals surface area contributed by atoms with Gasteiger partial charge in [-0.3, -0.25) is 4.55 Å². The molecule has 0 amide bonds. The summed E-state index contributed by atoms with van der Waals surface area (Å²) in [7, 11) is -4.02. The van der Waals surface area contributed by atoms with E-state index in [1.54, 1.807) is 12.1 Å². The largest absolute Gasteiger partial charge is 0.394 e. The molecule has 1 saturated heterocycles. The van der Waals surface area contributed by atoms with Crippen molar-refractivity contribution in [3.8, 4) is 0 Å². The molecule has 6 heteroatoms. The van der Waals surface area contributed by atoms with Crippen LogP contribution in [-0.4, -0.2) is 37.4 Å². The fourth-order valence-electron chi connectivity index (χ4n) is 1.66. The summed E-state index contributed by atoms with van der Waals surface area (Å²) >= 11 is 0. The Hall–Kier alpha value is -0.950. The summed E-state index contributed by atoms with van der Waals surface area (Å²) in [5.41, 5.74) is 0.956. The summed E-state index contributed by atoms with van der Waals surface area (Å²) in [5, 5.41) is 8.57. The number of aliphatic hydroxyl groups excluding tert-OH is 1. The van der Waals surface area contributed by atoms with Crippen LogP contribution in [0, 0.1) is 6.92 Å². The first-order valence-electron chi connectivity index (χ1n) is 6.20. The van der Waals surface area contributed by atoms with Crippen LogP contribution in [0.25, 0.3) is 0 Å². The Labute approximate surface area is 114 Å². The van der Waals surface area contributed by atoms with Gasteiger partial charge >= 0.3 is 0 Å². The molecule has 0 aromatic heterocycles. The Kier molecular flexibility index (Phi) is 6.44. The quantitative estimate of drug-likeness (QED) is 0.811. The van der Waals surface area contributed by atoms with Gasteiger partial charge in [0.15, 0.2) is 0 Å². The van der Waals surface area contributed by atoms with Gasteiger partial charge in [0.1, 0.15) is 0 Å². The maximum Gasteiger partial charge on any atom is 0.294 e. The molecule has 1 unspecified atom stereocenters. The predicted octanol–water partition coefficient (Wildman–Crippen LogP) is 1.79. The second-order valence-electron chi connectivity index (χ2n) is 4.46. The first kappa shape index (κ1) is 16.1. The Morgan fingerprint density at radius 1 is 1.26 bits per heavy atom. The van der Waals surface area contributed by atoms with Crippen LogP contribution in [-0.2, 0) is 14.9 Å². The molecule has 108 valence electrons. The van der Waals surface area contributed by atoms with Crippen molar-refractivity contribution >= 4 is 10.1 Å². The van der Waals surface area contributed by atoms with E-state index in [2.05, 4.69) is 0 Å². The fourth-order valence-corrected chi connectivity index (χ4v) is 2.14. The Balaban J connectivity index is 0.000000200. The van der Waals surface area contributed by atoms with E-state index in [-0.39, 0.29) is 17.6 Å². The molecule has 0 saturated carbocycles. The van der Waals surface area contributed by atoms with Crippen molar-refractivity contribution in [3.63, 3.8) is 0 Å². The molecular formula is C13H20O5S. The second-order valence-corrected chi connectivity index (χ2v) is 5.88. The highest BCUT2D eigenvalue weighted by atomic mass is 32.2. The van der Waals surface area contributed by atoms with E-state index < -0.39 is 10.1 Å². The van der Waals surface area contributed by atoms with Gasteiger partial charge in [0.25, 0.3) is 10.1 Å². The van der Waals surface area contributed by atoms with Gasteiger partial charge in [0.05, 0.1) is 17.6 Å². The summed E-state index contributed by atoms with van der Waals surface area (Å²) in [4.78, 5) is -0.0666. The van der Waals surface area contributed by atoms with Crippen LogP contribution < -0.4 is 0 Å². The zero-order valence-electron chi connectivity index (χ0n) is 10.9. The summed E-state index contributed by atoms with van der Waals surface area (Å²) in [6, 6.07) is 5.99. The van der Waals surface area contributed by atoms with Crippen molar-refractivity contribution < 1.29 is 22.8 Å². The normalized spacial score (nSPS) is 19.4. The number of aryl methyl sites for hydroxylation is 1. The summed E-state index contributed by atoms with van der Waals surface area (Å²) in [5.74, 6) is 0. The average molecular weight is 288 g/mol. The second kappa shape index (κ2) is 7.59. The van der Waals surface area contributed by atoms with Gasteiger partial charge in [0, 0.05) is 6.61 Å². The topological polar surface area (TPSA) is 83.8 Å². The smallest absolute Gasteiger partial charge is 0.294 e. The molecular weight excluding hydrogens is 268 g/mol. The van der Waals surface area contributed by atoms with Crippen LogP contribution in [0.4, 0.5) is 0 Å². The van der Waals surface area contributed by atoms with E-state index in [4.69, 9.17) is 14.4 Å². The van der Waals surface area contributed by atoms with E-state index in [9.17, 15) is 8.42 Å². The lowest BCUT2D eigenvalue weighted by atomic mass is 10.1. The molecule has 0 spiro atoms. The number of aliphatic hydroxyl groups is 1. The molecule has 2 N–H and O–H groups in total. The van der Waals surface area contributed by atoms with Gasteiger partial charge in [-0.05, 0) is 38.3 Å². The van der Waals surface area contributed by atoms with E-state index in [1.165, 1.54) is 18.6 Å². The van der Waals surface area contributed by atoms with Crippen molar-refractivity contribution in [2.45, 2.75) is 37.2 Å². The zero-order chi connectivity index (χ0) is 14.3. The highest BCUT2D eigenvalue weighted by Gasteiger charge is 2.10. The van der Waals surface area contributed by atoms with E-state index >= 15 is 0 Å². The molecule has 1 aromatic rings. The standard InChI is InChI=1S/C7H8O3S.C6H12O2/c1-6-2-4-7(5-3-6)11(8,9)10;7-5-6-3-1-2-4-8-6/h2-5H,1H3,(H,8,9,10);6-7H,1-5H2. The minimum Gasteiger partial charge on any atom is -0.394 e. The number of hydrogen-bond acceptors (Lipinski definition) is 4. The van der Waals surface area contributed by atoms with Crippen LogP contribution in [0.15, 0.2) is 29.2 Å². The van der Waals surface area contributed by atoms with Gasteiger partial charge in [0.2, 0.25) is 0 Å². The van der Waals surface area contributed by atoms with Crippen molar-refractivity contribution in [3.05, 3.63) is 29.8 Å². The van der Waals surface area contributed by atoms with Crippen LogP contribution in [0.2, 0.25) is 0 Å². The van der Waals surface area contributed by atoms with Gasteiger partial charge in [-0.2, -0.15) is 8.42 Å². The van der Waals surface area contributed by atoms with Crippen molar-refractivity contribution in [2.24, 2.45) is 0 Å². The maximum atomic E-state index is 10.5. The van der Waals surface area contributed by atoms with Crippen LogP contribution in [0.5, 0.6) is 0 Å². The highest BCUT2D eigenvalue weighted by molar-refractivity contribution is 7.85. The molecule has 0 aliphatic carbocycles. The molecule has 1 fully saturated rings. The zero-order valence-corrected chi connectivity index (χ0v) is 11.8. The lowest BCUT2D eigenvalue weighted by Crippen LogP contribution is -2.22. The van der Waals surface area contributed by atoms with Gasteiger partial charge in [-0.15, -0.1) is 0 Å². The van der Waals surface area contributed by atoms with Crippen LogP contribution >= 0.6 is 0 Å². The average Bonchev–Trinajstić information content (AvgIpc) is 2.40. The molecule has 5 nitrogen and oxygen atoms in total. The van der Waals surface area contributed by atoms with Crippen LogP contribution in [0.3, 0.4) is 0 Å². The third-order valence-electron chi connectivity index (χ3n) is 2.80. The Morgan fingerprint density at radius 2 is 1.89 bits per heavy atom. The van der Waals surface area contributed by atoms with Crippen molar-refractivity contribution in [1.82, 2.24) is 0 Å². The number of rotatable bonds is 2. The third kappa shape index (κ3) is 6.15. The minimum absolute atomic E-state index is 0.0666. The highest BCUT2D eigenvalue weighted by Crippen LogP contribution is 2.11. The first-order valence-corrected chi connectivity index (χ1v) is 7.64. The molecule has 1 aliphatic rings. The number of ether oxygens (including phenoxy) is 1. The summed E-state index contributed by atoms with van der Waals surface area (Å²) < 4.78 is 34.7. The summed E-state index contributed by atoms with van der Waals surface area (Å²) in [6.07, 6.45) is 3.56. The van der Waals surface area contributed by atoms with E-state index in [0.29, 0.717) is 0 Å². The first-order chi connectivity index (χ1) is 8.93. The van der Waals surface area contributed by atoms with Gasteiger partial charge in [-0.1, -0.05) is 17.7 Å². The fraction of sp³-hybridized carbons (Fsp3) is 0.538.